The van der Waals surface area contributed by atoms with Crippen LogP contribution in [0.15, 0.2) is 6.58 Å². The molecule has 0 aliphatic carbocycles. The summed E-state index contributed by atoms with van der Waals surface area (Å²) in [6, 6.07) is 0. The van der Waals surface area contributed by atoms with Crippen LogP contribution in [0.1, 0.15) is 0 Å². The number of hydrogen-bond donors (Lipinski definition) is 0. The zero-order valence-electron chi connectivity index (χ0n) is 3.19. The van der Waals surface area contributed by atoms with E-state index in [0.29, 0.717) is 6.29 Å². The summed E-state index contributed by atoms with van der Waals surface area (Å²) in [6.07, 6.45) is 2.51. The molecule has 2 heteroatoms. The van der Waals surface area contributed by atoms with Gasteiger partial charge in [0.2, 0.25) is 0 Å². The first-order chi connectivity index (χ1) is 1.91. The van der Waals surface area contributed by atoms with Crippen molar-refractivity contribution in [1.29, 1.82) is 0 Å². The molecule has 0 aromatic heterocycles. The van der Waals surface area contributed by atoms with Gasteiger partial charge in [-0.15, -0.1) is 0 Å². The molecule has 0 aromatic rings. The maximum Gasteiger partial charge on any atom is 1.00 e. The summed E-state index contributed by atoms with van der Waals surface area (Å²) in [6.45, 7) is 2.99. The SMILES string of the molecule is C=[C-]C=O.[Rb+]. The summed E-state index contributed by atoms with van der Waals surface area (Å²) in [4.78, 5) is 9.00. The summed E-state index contributed by atoms with van der Waals surface area (Å²) in [5.74, 6) is 0. The number of carbonyl (C=O) groups excluding carboxylic acids is 1. The summed E-state index contributed by atoms with van der Waals surface area (Å²) < 4.78 is 0. The molecule has 0 spiro atoms. The average Bonchev–Trinajstić information content (AvgIpc) is 1.37. The first kappa shape index (κ1) is 9.51. The third-order valence-corrected chi connectivity index (χ3v) is 0.0833. The Kier molecular flexibility index (Phi) is 17.1. The molecule has 0 heterocycles. The smallest absolute Gasteiger partial charge is 0.438 e. The second-order valence-electron chi connectivity index (χ2n) is 0.322. The number of aldehydes is 1. The van der Waals surface area contributed by atoms with Crippen molar-refractivity contribution >= 4 is 6.29 Å². The molecule has 0 saturated carbocycles. The van der Waals surface area contributed by atoms with Crippen LogP contribution in [-0.4, -0.2) is 6.29 Å². The van der Waals surface area contributed by atoms with E-state index in [-0.39, 0.29) is 58.2 Å². The van der Waals surface area contributed by atoms with Gasteiger partial charge in [0.05, 0.1) is 0 Å². The quantitative estimate of drug-likeness (QED) is 0.218. The predicted octanol–water partition coefficient (Wildman–Crippen LogP) is -2.82. The largest absolute Gasteiger partial charge is 1.00 e. The molecule has 0 aliphatic rings. The molecule has 0 amide bonds. The Bertz CT molecular complexity index is 27.9. The van der Waals surface area contributed by atoms with Crippen molar-refractivity contribution in [3.8, 4) is 0 Å². The zero-order chi connectivity index (χ0) is 3.41. The van der Waals surface area contributed by atoms with Crippen molar-refractivity contribution in [2.75, 3.05) is 0 Å². The van der Waals surface area contributed by atoms with Crippen molar-refractivity contribution in [3.63, 3.8) is 0 Å². The summed E-state index contributed by atoms with van der Waals surface area (Å²) in [7, 11) is 0. The fourth-order valence-electron chi connectivity index (χ4n) is 0. The van der Waals surface area contributed by atoms with Crippen LogP contribution in [0.3, 0.4) is 0 Å². The summed E-state index contributed by atoms with van der Waals surface area (Å²) >= 11 is 0. The Hall–Kier alpha value is 1.22. The van der Waals surface area contributed by atoms with E-state index in [0.717, 1.165) is 0 Å². The van der Waals surface area contributed by atoms with Crippen molar-refractivity contribution in [1.82, 2.24) is 0 Å². The number of carbonyl (C=O) groups is 1. The first-order valence-corrected chi connectivity index (χ1v) is 0.878. The normalized spacial score (nSPS) is 4.00. The molecule has 0 unspecified atom stereocenters. The van der Waals surface area contributed by atoms with E-state index < -0.39 is 0 Å². The van der Waals surface area contributed by atoms with Crippen molar-refractivity contribution < 1.29 is 63.0 Å². The molecule has 0 radical (unpaired) electrons. The molecule has 0 atom stereocenters. The van der Waals surface area contributed by atoms with Crippen molar-refractivity contribution in [2.24, 2.45) is 0 Å². The fourth-order valence-corrected chi connectivity index (χ4v) is 0. The summed E-state index contributed by atoms with van der Waals surface area (Å²) in [5, 5.41) is 0. The molecule has 0 aromatic carbocycles. The Morgan fingerprint density at radius 3 is 2.00 bits per heavy atom. The van der Waals surface area contributed by atoms with Gasteiger partial charge in [-0.05, 0) is 6.29 Å². The third kappa shape index (κ3) is 11.0. The molecule has 0 rings (SSSR count). The molecule has 22 valence electrons. The Labute approximate surface area is 80.2 Å². The van der Waals surface area contributed by atoms with Gasteiger partial charge in [0.1, 0.15) is 0 Å². The fraction of sp³-hybridized carbons (Fsp3) is 0. The van der Waals surface area contributed by atoms with Crippen LogP contribution in [-0.2, 0) is 4.79 Å². The van der Waals surface area contributed by atoms with Gasteiger partial charge < -0.3 is 10.9 Å². The van der Waals surface area contributed by atoms with Gasteiger partial charge in [-0.2, -0.15) is 0 Å². The van der Waals surface area contributed by atoms with E-state index in [1.165, 1.54) is 0 Å². The van der Waals surface area contributed by atoms with Crippen molar-refractivity contribution in [2.45, 2.75) is 0 Å². The van der Waals surface area contributed by atoms with Crippen LogP contribution in [0.2, 0.25) is 0 Å². The maximum atomic E-state index is 9.00. The Balaban J connectivity index is 0. The van der Waals surface area contributed by atoms with Gasteiger partial charge in [0.25, 0.3) is 0 Å². The molecular weight excluding hydrogens is 138 g/mol. The monoisotopic (exact) mass is 140 g/mol. The average molecular weight is 141 g/mol. The number of hydrogen-bond acceptors (Lipinski definition) is 1. The Morgan fingerprint density at radius 1 is 1.80 bits per heavy atom. The van der Waals surface area contributed by atoms with Crippen LogP contribution in [0.4, 0.5) is 0 Å². The first-order valence-electron chi connectivity index (χ1n) is 0.878. The standard InChI is InChI=1S/C3H3O.Rb/c1-2-3-4;/h3H,1H2;/q-1;+1. The van der Waals surface area contributed by atoms with E-state index in [2.05, 4.69) is 6.58 Å². The zero-order valence-corrected chi connectivity index (χ0v) is 8.11. The molecule has 0 N–H and O–H groups in total. The van der Waals surface area contributed by atoms with Crippen LogP contribution in [0, 0.1) is 6.08 Å². The van der Waals surface area contributed by atoms with Gasteiger partial charge >= 0.3 is 58.2 Å². The van der Waals surface area contributed by atoms with Crippen LogP contribution >= 0.6 is 0 Å². The topological polar surface area (TPSA) is 17.1 Å². The minimum atomic E-state index is 0. The van der Waals surface area contributed by atoms with Gasteiger partial charge in [0.15, 0.2) is 0 Å². The van der Waals surface area contributed by atoms with Crippen LogP contribution < -0.4 is 58.2 Å². The molecule has 0 aliphatic heterocycles. The van der Waals surface area contributed by atoms with E-state index in [1.807, 2.05) is 6.08 Å². The van der Waals surface area contributed by atoms with E-state index >= 15 is 0 Å². The molecule has 0 saturated heterocycles. The molecule has 0 bridgehead atoms. The molecule has 1 nitrogen and oxygen atoms in total. The van der Waals surface area contributed by atoms with Crippen molar-refractivity contribution in [3.05, 3.63) is 12.7 Å². The van der Waals surface area contributed by atoms with Crippen LogP contribution in [0.25, 0.3) is 0 Å². The number of rotatable bonds is 1. The van der Waals surface area contributed by atoms with E-state index in [1.54, 1.807) is 0 Å². The number of allylic oxidation sites excluding steroid dienone is 1. The van der Waals surface area contributed by atoms with Gasteiger partial charge in [-0.1, -0.05) is 0 Å². The van der Waals surface area contributed by atoms with Gasteiger partial charge in [-0.3, -0.25) is 6.58 Å². The second kappa shape index (κ2) is 8.96. The maximum absolute atomic E-state index is 9.00. The van der Waals surface area contributed by atoms with E-state index in [9.17, 15) is 0 Å². The molecular formula is C3H3ORb. The summed E-state index contributed by atoms with van der Waals surface area (Å²) in [5.41, 5.74) is 0. The van der Waals surface area contributed by atoms with Gasteiger partial charge in [0, 0.05) is 0 Å². The molecule has 5 heavy (non-hydrogen) atoms. The third-order valence-electron chi connectivity index (χ3n) is 0.0833. The minimum Gasteiger partial charge on any atom is -0.438 e. The van der Waals surface area contributed by atoms with Crippen LogP contribution in [0.5, 0.6) is 0 Å². The second-order valence-corrected chi connectivity index (χ2v) is 0.322. The minimum absolute atomic E-state index is 0. The predicted molar refractivity (Wildman–Crippen MR) is 14.9 cm³/mol. The Morgan fingerprint density at radius 2 is 2.00 bits per heavy atom. The van der Waals surface area contributed by atoms with Gasteiger partial charge in [-0.25, -0.2) is 0 Å². The van der Waals surface area contributed by atoms with E-state index in [4.69, 9.17) is 4.79 Å². The molecule has 0 fully saturated rings.